The van der Waals surface area contributed by atoms with Gasteiger partial charge >= 0.3 is 0 Å². The molecule has 0 bridgehead atoms. The Hall–Kier alpha value is -2.04. The van der Waals surface area contributed by atoms with E-state index in [9.17, 15) is 0 Å². The van der Waals surface area contributed by atoms with Gasteiger partial charge in [-0.25, -0.2) is 0 Å². The van der Waals surface area contributed by atoms with E-state index in [1.54, 1.807) is 0 Å². The zero-order valence-electron chi connectivity index (χ0n) is 16.5. The molecule has 4 rings (SSSR count). The van der Waals surface area contributed by atoms with Crippen molar-refractivity contribution in [2.75, 3.05) is 11.9 Å². The van der Waals surface area contributed by atoms with Gasteiger partial charge in [0.15, 0.2) is 5.11 Å². The van der Waals surface area contributed by atoms with E-state index in [4.69, 9.17) is 23.8 Å². The Labute approximate surface area is 176 Å². The lowest BCUT2D eigenvalue weighted by Crippen LogP contribution is -2.29. The molecule has 0 aliphatic heterocycles. The lowest BCUT2D eigenvalue weighted by molar-refractivity contribution is 0.528. The van der Waals surface area contributed by atoms with Crippen LogP contribution < -0.4 is 10.6 Å². The van der Waals surface area contributed by atoms with E-state index in [1.165, 1.54) is 22.2 Å². The van der Waals surface area contributed by atoms with Gasteiger partial charge in [-0.1, -0.05) is 49.7 Å². The Bertz CT molecular complexity index is 1020. The van der Waals surface area contributed by atoms with Crippen molar-refractivity contribution in [3.05, 3.63) is 64.8 Å². The molecule has 1 heterocycles. The first-order chi connectivity index (χ1) is 13.4. The summed E-state index contributed by atoms with van der Waals surface area (Å²) in [6, 6.07) is 16.2. The van der Waals surface area contributed by atoms with E-state index >= 15 is 0 Å². The Balaban J connectivity index is 1.38. The van der Waals surface area contributed by atoms with Crippen LogP contribution >= 0.6 is 23.8 Å². The monoisotopic (exact) mass is 411 g/mol. The van der Waals surface area contributed by atoms with E-state index in [-0.39, 0.29) is 0 Å². The van der Waals surface area contributed by atoms with Crippen LogP contribution in [0.3, 0.4) is 0 Å². The van der Waals surface area contributed by atoms with Crippen molar-refractivity contribution in [2.24, 2.45) is 11.3 Å². The molecule has 0 amide bonds. The molecular formula is C23H26ClN3S. The molecule has 1 aliphatic rings. The Morgan fingerprint density at radius 1 is 1.18 bits per heavy atom. The van der Waals surface area contributed by atoms with Gasteiger partial charge in [-0.15, -0.1) is 0 Å². The summed E-state index contributed by atoms with van der Waals surface area (Å²) < 4.78 is 0. The fourth-order valence-electron chi connectivity index (χ4n) is 4.64. The number of aromatic amines is 1. The summed E-state index contributed by atoms with van der Waals surface area (Å²) in [5.41, 5.74) is 5.24. The molecule has 0 unspecified atom stereocenters. The number of para-hydroxylation sites is 1. The number of fused-ring (bicyclic) bond motifs is 1. The Morgan fingerprint density at radius 3 is 2.75 bits per heavy atom. The fraction of sp³-hybridized carbons (Fsp3) is 0.348. The lowest BCUT2D eigenvalue weighted by Gasteiger charge is -2.11. The van der Waals surface area contributed by atoms with E-state index in [0.717, 1.165) is 18.7 Å². The first kappa shape index (κ1) is 19.3. The molecule has 1 aliphatic carbocycles. The zero-order chi connectivity index (χ0) is 19.9. The molecule has 0 saturated heterocycles. The molecule has 1 fully saturated rings. The van der Waals surface area contributed by atoms with Crippen LogP contribution in [0.2, 0.25) is 5.02 Å². The largest absolute Gasteiger partial charge is 0.362 e. The number of nitrogens with one attached hydrogen (secondary N) is 3. The van der Waals surface area contributed by atoms with Gasteiger partial charge in [0.1, 0.15) is 0 Å². The summed E-state index contributed by atoms with van der Waals surface area (Å²) in [6.45, 7) is 7.82. The van der Waals surface area contributed by atoms with Gasteiger partial charge in [0.2, 0.25) is 0 Å². The standard InChI is InChI=1S/C23H26ClN3S/c1-14-20(17-9-4-5-10-19(17)26-14)21-18(23(21,2)3)11-12-25-22(28)27-16-8-6-7-15(24)13-16/h4-10,13,18,21,26H,11-12H2,1-3H3,(H2,25,27,28)/t18-,21-/m0/s1. The zero-order valence-corrected chi connectivity index (χ0v) is 18.0. The highest BCUT2D eigenvalue weighted by Crippen LogP contribution is 2.67. The number of rotatable bonds is 5. The van der Waals surface area contributed by atoms with Crippen LogP contribution in [0.15, 0.2) is 48.5 Å². The van der Waals surface area contributed by atoms with E-state index < -0.39 is 0 Å². The van der Waals surface area contributed by atoms with Crippen molar-refractivity contribution < 1.29 is 0 Å². The predicted molar refractivity (Wildman–Crippen MR) is 123 cm³/mol. The van der Waals surface area contributed by atoms with Gasteiger partial charge in [0.05, 0.1) is 0 Å². The van der Waals surface area contributed by atoms with Crippen molar-refractivity contribution in [3.8, 4) is 0 Å². The highest BCUT2D eigenvalue weighted by atomic mass is 35.5. The average Bonchev–Trinajstić information content (AvgIpc) is 3.00. The van der Waals surface area contributed by atoms with Crippen molar-refractivity contribution in [3.63, 3.8) is 0 Å². The number of H-pyrrole nitrogens is 1. The van der Waals surface area contributed by atoms with Crippen LogP contribution in [-0.4, -0.2) is 16.6 Å². The summed E-state index contributed by atoms with van der Waals surface area (Å²) in [6.07, 6.45) is 1.09. The molecule has 3 N–H and O–H groups in total. The maximum atomic E-state index is 6.03. The highest BCUT2D eigenvalue weighted by Gasteiger charge is 2.58. The molecule has 0 radical (unpaired) electrons. The summed E-state index contributed by atoms with van der Waals surface area (Å²) in [7, 11) is 0. The maximum Gasteiger partial charge on any atom is 0.170 e. The number of thiocarbonyl (C=S) groups is 1. The second-order valence-corrected chi connectivity index (χ2v) is 9.14. The molecule has 3 nitrogen and oxygen atoms in total. The third kappa shape index (κ3) is 3.63. The number of anilines is 1. The molecular weight excluding hydrogens is 386 g/mol. The van der Waals surface area contributed by atoms with Crippen molar-refractivity contribution in [1.82, 2.24) is 10.3 Å². The molecule has 3 aromatic rings. The third-order valence-electron chi connectivity index (χ3n) is 6.13. The van der Waals surface area contributed by atoms with Gasteiger partial charge in [0, 0.05) is 33.9 Å². The summed E-state index contributed by atoms with van der Waals surface area (Å²) in [5, 5.41) is 9.25. The molecule has 2 atom stereocenters. The second kappa shape index (κ2) is 7.41. The predicted octanol–water partition coefficient (Wildman–Crippen LogP) is 6.25. The number of aryl methyl sites for hydroxylation is 1. The first-order valence-corrected chi connectivity index (χ1v) is 10.5. The summed E-state index contributed by atoms with van der Waals surface area (Å²) in [5.74, 6) is 1.23. The molecule has 1 aromatic heterocycles. The van der Waals surface area contributed by atoms with Gasteiger partial charge in [-0.2, -0.15) is 0 Å². The number of benzene rings is 2. The van der Waals surface area contributed by atoms with Gasteiger partial charge in [-0.05, 0) is 72.6 Å². The topological polar surface area (TPSA) is 39.9 Å². The van der Waals surface area contributed by atoms with Crippen LogP contribution in [-0.2, 0) is 0 Å². The van der Waals surface area contributed by atoms with Crippen LogP contribution in [0.1, 0.15) is 37.4 Å². The quantitative estimate of drug-likeness (QED) is 0.435. The molecule has 0 spiro atoms. The minimum absolute atomic E-state index is 0.305. The molecule has 2 aromatic carbocycles. The molecule has 146 valence electrons. The number of halogens is 1. The van der Waals surface area contributed by atoms with Gasteiger partial charge < -0.3 is 15.6 Å². The Morgan fingerprint density at radius 2 is 1.96 bits per heavy atom. The minimum Gasteiger partial charge on any atom is -0.362 e. The van der Waals surface area contributed by atoms with Crippen LogP contribution in [0.5, 0.6) is 0 Å². The number of aromatic nitrogens is 1. The van der Waals surface area contributed by atoms with Gasteiger partial charge in [0.25, 0.3) is 0 Å². The fourth-order valence-corrected chi connectivity index (χ4v) is 5.05. The molecule has 28 heavy (non-hydrogen) atoms. The smallest absolute Gasteiger partial charge is 0.170 e. The van der Waals surface area contributed by atoms with Crippen molar-refractivity contribution >= 4 is 45.5 Å². The van der Waals surface area contributed by atoms with E-state index in [2.05, 4.69) is 60.7 Å². The number of hydrogen-bond acceptors (Lipinski definition) is 1. The van der Waals surface area contributed by atoms with Crippen LogP contribution in [0, 0.1) is 18.3 Å². The average molecular weight is 412 g/mol. The van der Waals surface area contributed by atoms with Crippen LogP contribution in [0.25, 0.3) is 10.9 Å². The summed E-state index contributed by atoms with van der Waals surface area (Å²) in [4.78, 5) is 3.56. The van der Waals surface area contributed by atoms with Crippen molar-refractivity contribution in [2.45, 2.75) is 33.1 Å². The minimum atomic E-state index is 0.305. The highest BCUT2D eigenvalue weighted by molar-refractivity contribution is 7.80. The first-order valence-electron chi connectivity index (χ1n) is 9.75. The maximum absolute atomic E-state index is 6.03. The lowest BCUT2D eigenvalue weighted by atomic mass is 10.0. The van der Waals surface area contributed by atoms with Crippen LogP contribution in [0.4, 0.5) is 5.69 Å². The normalized spacial score (nSPS) is 20.1. The SMILES string of the molecule is Cc1[nH]c2ccccc2c1[C@@H]1[C@H](CCNC(=S)Nc2cccc(Cl)c2)C1(C)C. The Kier molecular flexibility index (Phi) is 5.11. The van der Waals surface area contributed by atoms with E-state index in [0.29, 0.717) is 27.4 Å². The second-order valence-electron chi connectivity index (χ2n) is 8.29. The molecule has 1 saturated carbocycles. The van der Waals surface area contributed by atoms with E-state index in [1.807, 2.05) is 24.3 Å². The summed E-state index contributed by atoms with van der Waals surface area (Å²) >= 11 is 11.5. The molecule has 5 heteroatoms. The third-order valence-corrected chi connectivity index (χ3v) is 6.61. The van der Waals surface area contributed by atoms with Crippen molar-refractivity contribution in [1.29, 1.82) is 0 Å². The van der Waals surface area contributed by atoms with Gasteiger partial charge in [-0.3, -0.25) is 0 Å². The number of hydrogen-bond donors (Lipinski definition) is 3.